The lowest BCUT2D eigenvalue weighted by molar-refractivity contribution is 0.415. The van der Waals surface area contributed by atoms with Gasteiger partial charge in [0, 0.05) is 12.4 Å². The van der Waals surface area contributed by atoms with Gasteiger partial charge in [-0.15, -0.1) is 0 Å². The number of hydrogen-bond acceptors (Lipinski definition) is 3. The molecule has 0 saturated heterocycles. The summed E-state index contributed by atoms with van der Waals surface area (Å²) >= 11 is 0. The van der Waals surface area contributed by atoms with Gasteiger partial charge < -0.3 is 5.11 Å². The Morgan fingerprint density at radius 2 is 1.09 bits per heavy atom. The number of anilines is 2. The second kappa shape index (κ2) is 9.26. The molecule has 1 aliphatic heterocycles. The van der Waals surface area contributed by atoms with Gasteiger partial charge in [-0.05, 0) is 87.9 Å². The number of aryl methyl sites for hydroxylation is 6. The molecule has 0 bridgehead atoms. The van der Waals surface area contributed by atoms with Crippen LogP contribution in [0.3, 0.4) is 0 Å². The molecule has 3 nitrogen and oxygen atoms in total. The van der Waals surface area contributed by atoms with Gasteiger partial charge in [0.15, 0.2) is 11.6 Å². The van der Waals surface area contributed by atoms with E-state index in [1.54, 1.807) is 0 Å². The second-order valence-electron chi connectivity index (χ2n) is 9.44. The molecule has 0 atom stereocenters. The minimum Gasteiger partial charge on any atom is -0.504 e. The zero-order chi connectivity index (χ0) is 24.6. The standard InChI is InChI=1S/C31H34N2O/c1-20-15-22(3)28(23(4)16-20)32-13-14-33(29-24(5)17-21(2)18-25(29)6)31(32)30(34)26(7)19-27-11-9-8-10-12-27/h8-19,34H,1-7H3/b26-19+. The Bertz CT molecular complexity index is 1210. The van der Waals surface area contributed by atoms with Crippen LogP contribution in [0.5, 0.6) is 0 Å². The summed E-state index contributed by atoms with van der Waals surface area (Å²) in [6.45, 7) is 14.7. The Morgan fingerprint density at radius 1 is 0.676 bits per heavy atom. The van der Waals surface area contributed by atoms with E-state index in [0.717, 1.165) is 28.3 Å². The molecule has 0 radical (unpaired) electrons. The minimum atomic E-state index is 0.257. The van der Waals surface area contributed by atoms with Crippen LogP contribution in [0.1, 0.15) is 45.9 Å². The number of nitrogens with zero attached hydrogens (tertiary/aromatic N) is 2. The highest BCUT2D eigenvalue weighted by atomic mass is 16.3. The van der Waals surface area contributed by atoms with Gasteiger partial charge in [0.25, 0.3) is 0 Å². The summed E-state index contributed by atoms with van der Waals surface area (Å²) in [4.78, 5) is 4.25. The molecule has 1 N–H and O–H groups in total. The molecule has 0 amide bonds. The van der Waals surface area contributed by atoms with Crippen molar-refractivity contribution < 1.29 is 5.11 Å². The SMILES string of the molecule is C/C(=C\c1ccccc1)C(O)=C1N(c2c(C)cc(C)cc2C)C=CN1c1c(C)cc(C)cc1C. The zero-order valence-electron chi connectivity index (χ0n) is 21.3. The number of hydrogen-bond donors (Lipinski definition) is 1. The monoisotopic (exact) mass is 450 g/mol. The summed E-state index contributed by atoms with van der Waals surface area (Å²) in [5.41, 5.74) is 11.2. The van der Waals surface area contributed by atoms with Gasteiger partial charge in [-0.1, -0.05) is 65.7 Å². The maximum absolute atomic E-state index is 11.7. The van der Waals surface area contributed by atoms with Crippen molar-refractivity contribution in [2.75, 3.05) is 9.80 Å². The average Bonchev–Trinajstić information content (AvgIpc) is 3.16. The van der Waals surface area contributed by atoms with E-state index in [0.29, 0.717) is 0 Å². The van der Waals surface area contributed by atoms with Crippen molar-refractivity contribution in [3.05, 3.63) is 123 Å². The van der Waals surface area contributed by atoms with Crippen LogP contribution in [0.4, 0.5) is 11.4 Å². The molecule has 0 unspecified atom stereocenters. The van der Waals surface area contributed by atoms with Crippen molar-refractivity contribution in [2.45, 2.75) is 48.5 Å². The molecule has 174 valence electrons. The number of aliphatic hydroxyl groups is 1. The molecular formula is C31H34N2O. The predicted molar refractivity (Wildman–Crippen MR) is 145 cm³/mol. The summed E-state index contributed by atoms with van der Waals surface area (Å²) in [5, 5.41) is 11.7. The van der Waals surface area contributed by atoms with E-state index in [4.69, 9.17) is 0 Å². The van der Waals surface area contributed by atoms with Gasteiger partial charge in [0.1, 0.15) is 0 Å². The minimum absolute atomic E-state index is 0.257. The summed E-state index contributed by atoms with van der Waals surface area (Å²) in [6.07, 6.45) is 6.15. The first-order valence-corrected chi connectivity index (χ1v) is 11.8. The molecule has 1 aliphatic rings. The maximum Gasteiger partial charge on any atom is 0.165 e. The van der Waals surface area contributed by atoms with Gasteiger partial charge in [-0.25, -0.2) is 0 Å². The Balaban J connectivity index is 1.94. The van der Waals surface area contributed by atoms with Crippen molar-refractivity contribution in [1.82, 2.24) is 0 Å². The highest BCUT2D eigenvalue weighted by Gasteiger charge is 2.30. The topological polar surface area (TPSA) is 26.7 Å². The van der Waals surface area contributed by atoms with E-state index >= 15 is 0 Å². The number of allylic oxidation sites excluding steroid dienone is 1. The van der Waals surface area contributed by atoms with Crippen LogP contribution in [0.25, 0.3) is 6.08 Å². The average molecular weight is 451 g/mol. The highest BCUT2D eigenvalue weighted by molar-refractivity contribution is 5.77. The fraction of sp³-hybridized carbons (Fsp3) is 0.226. The summed E-state index contributed by atoms with van der Waals surface area (Å²) in [7, 11) is 0. The van der Waals surface area contributed by atoms with Crippen molar-refractivity contribution in [3.63, 3.8) is 0 Å². The van der Waals surface area contributed by atoms with Gasteiger partial charge in [-0.2, -0.15) is 0 Å². The Labute approximate surface area is 204 Å². The lowest BCUT2D eigenvalue weighted by atomic mass is 10.0. The van der Waals surface area contributed by atoms with E-state index in [-0.39, 0.29) is 5.76 Å². The Kier molecular flexibility index (Phi) is 6.39. The molecule has 0 aliphatic carbocycles. The third kappa shape index (κ3) is 4.38. The zero-order valence-corrected chi connectivity index (χ0v) is 21.3. The quantitative estimate of drug-likeness (QED) is 0.406. The van der Waals surface area contributed by atoms with E-state index < -0.39 is 0 Å². The second-order valence-corrected chi connectivity index (χ2v) is 9.44. The molecule has 1 heterocycles. The van der Waals surface area contributed by atoms with E-state index in [1.807, 2.05) is 43.3 Å². The summed E-state index contributed by atoms with van der Waals surface area (Å²) < 4.78 is 0. The van der Waals surface area contributed by atoms with Gasteiger partial charge >= 0.3 is 0 Å². The molecule has 3 heteroatoms. The lowest BCUT2D eigenvalue weighted by Crippen LogP contribution is -2.27. The predicted octanol–water partition coefficient (Wildman–Crippen LogP) is 8.17. The first kappa shape index (κ1) is 23.4. The summed E-state index contributed by atoms with van der Waals surface area (Å²) in [5.74, 6) is 1.00. The molecule has 0 spiro atoms. The fourth-order valence-corrected chi connectivity index (χ4v) is 5.13. The lowest BCUT2D eigenvalue weighted by Gasteiger charge is -2.30. The number of aliphatic hydroxyl groups excluding tert-OH is 1. The van der Waals surface area contributed by atoms with Crippen LogP contribution in [0, 0.1) is 41.5 Å². The molecule has 34 heavy (non-hydrogen) atoms. The van der Waals surface area contributed by atoms with Gasteiger partial charge in [0.2, 0.25) is 0 Å². The smallest absolute Gasteiger partial charge is 0.165 e. The number of benzene rings is 3. The first-order chi connectivity index (χ1) is 16.2. The molecule has 4 rings (SSSR count). The molecule has 3 aromatic rings. The van der Waals surface area contributed by atoms with Crippen LogP contribution in [0.2, 0.25) is 0 Å². The normalized spacial score (nSPS) is 13.7. The number of rotatable bonds is 4. The van der Waals surface area contributed by atoms with E-state index in [9.17, 15) is 5.11 Å². The molecular weight excluding hydrogens is 416 g/mol. The van der Waals surface area contributed by atoms with Gasteiger partial charge in [0.05, 0.1) is 11.4 Å². The first-order valence-electron chi connectivity index (χ1n) is 11.8. The van der Waals surface area contributed by atoms with Crippen molar-refractivity contribution in [1.29, 1.82) is 0 Å². The largest absolute Gasteiger partial charge is 0.504 e. The molecule has 0 fully saturated rings. The van der Waals surface area contributed by atoms with Crippen LogP contribution in [-0.2, 0) is 0 Å². The van der Waals surface area contributed by atoms with Crippen LogP contribution in [-0.4, -0.2) is 5.11 Å². The van der Waals surface area contributed by atoms with Crippen LogP contribution >= 0.6 is 0 Å². The fourth-order valence-electron chi connectivity index (χ4n) is 5.13. The molecule has 0 aromatic heterocycles. The van der Waals surface area contributed by atoms with Crippen LogP contribution in [0.15, 0.2) is 84.2 Å². The maximum atomic E-state index is 11.7. The van der Waals surface area contributed by atoms with Crippen molar-refractivity contribution >= 4 is 17.5 Å². The van der Waals surface area contributed by atoms with E-state index in [2.05, 4.69) is 88.0 Å². The van der Waals surface area contributed by atoms with Crippen molar-refractivity contribution in [2.24, 2.45) is 0 Å². The molecule has 3 aromatic carbocycles. The Hall–Kier alpha value is -3.72. The third-order valence-electron chi connectivity index (χ3n) is 6.34. The highest BCUT2D eigenvalue weighted by Crippen LogP contribution is 2.40. The van der Waals surface area contributed by atoms with Gasteiger partial charge in [-0.3, -0.25) is 9.80 Å². The third-order valence-corrected chi connectivity index (χ3v) is 6.34. The summed E-state index contributed by atoms with van der Waals surface area (Å²) in [6, 6.07) is 18.9. The van der Waals surface area contributed by atoms with Crippen molar-refractivity contribution in [3.8, 4) is 0 Å². The molecule has 0 saturated carbocycles. The van der Waals surface area contributed by atoms with E-state index in [1.165, 1.54) is 33.4 Å². The van der Waals surface area contributed by atoms with Crippen LogP contribution < -0.4 is 9.80 Å². The Morgan fingerprint density at radius 3 is 1.50 bits per heavy atom.